The quantitative estimate of drug-likeness (QED) is 0.0557. The number of alkyl halides is 2. The molecule has 4 aromatic carbocycles. The minimum atomic E-state index is -2.97. The van der Waals surface area contributed by atoms with Crippen LogP contribution in [0.5, 0.6) is 17.2 Å². The third kappa shape index (κ3) is 14.7. The first kappa shape index (κ1) is 42.3. The Bertz CT molecular complexity index is 1800. The van der Waals surface area contributed by atoms with E-state index in [4.69, 9.17) is 18.9 Å². The lowest BCUT2D eigenvalue weighted by Gasteiger charge is -2.16. The summed E-state index contributed by atoms with van der Waals surface area (Å²) in [4.78, 5) is 37.2. The molecule has 294 valence electrons. The average molecular weight is 760 g/mol. The number of aryl methyl sites for hydroxylation is 1. The number of nitrogens with one attached hydrogen (secondary N) is 1. The first-order chi connectivity index (χ1) is 26.8. The van der Waals surface area contributed by atoms with E-state index in [0.717, 1.165) is 60.1 Å². The smallest absolute Gasteiger partial charge is 0.387 e. The van der Waals surface area contributed by atoms with Crippen molar-refractivity contribution in [2.75, 3.05) is 26.4 Å². The molecule has 0 saturated heterocycles. The summed E-state index contributed by atoms with van der Waals surface area (Å²) in [7, 11) is 0. The van der Waals surface area contributed by atoms with Crippen molar-refractivity contribution in [3.8, 4) is 28.4 Å². The summed E-state index contributed by atoms with van der Waals surface area (Å²) in [5, 5.41) is 2.82. The van der Waals surface area contributed by atoms with E-state index in [9.17, 15) is 23.2 Å². The lowest BCUT2D eigenvalue weighted by Crippen LogP contribution is -2.23. The summed E-state index contributed by atoms with van der Waals surface area (Å²) in [5.74, 6) is 0.408. The van der Waals surface area contributed by atoms with Crippen molar-refractivity contribution in [1.82, 2.24) is 5.32 Å². The molecule has 0 atom stereocenters. The zero-order valence-corrected chi connectivity index (χ0v) is 31.7. The largest absolute Gasteiger partial charge is 0.494 e. The molecule has 0 fully saturated rings. The second-order valence-corrected chi connectivity index (χ2v) is 12.7. The number of ether oxygens (including phenoxy) is 5. The highest BCUT2D eigenvalue weighted by Crippen LogP contribution is 2.29. The average Bonchev–Trinajstić information content (AvgIpc) is 3.18. The molecular formula is C44H51F2NO8. The molecule has 55 heavy (non-hydrogen) atoms. The lowest BCUT2D eigenvalue weighted by atomic mass is 9.96. The molecule has 0 aliphatic rings. The first-order valence-corrected chi connectivity index (χ1v) is 19.0. The van der Waals surface area contributed by atoms with E-state index in [1.807, 2.05) is 48.5 Å². The second-order valence-electron chi connectivity index (χ2n) is 12.7. The van der Waals surface area contributed by atoms with Crippen LogP contribution in [-0.2, 0) is 38.4 Å². The second kappa shape index (κ2) is 23.4. The van der Waals surface area contributed by atoms with Crippen LogP contribution < -0.4 is 19.5 Å². The van der Waals surface area contributed by atoms with Crippen molar-refractivity contribution in [3.05, 3.63) is 113 Å². The van der Waals surface area contributed by atoms with Crippen molar-refractivity contribution in [3.63, 3.8) is 0 Å². The minimum Gasteiger partial charge on any atom is -0.494 e. The van der Waals surface area contributed by atoms with Crippen molar-refractivity contribution >= 4 is 17.8 Å². The zero-order chi connectivity index (χ0) is 39.3. The Morgan fingerprint density at radius 1 is 0.636 bits per heavy atom. The predicted octanol–water partition coefficient (Wildman–Crippen LogP) is 9.28. The van der Waals surface area contributed by atoms with E-state index >= 15 is 0 Å². The predicted molar refractivity (Wildman–Crippen MR) is 207 cm³/mol. The molecule has 1 N–H and O–H groups in total. The normalized spacial score (nSPS) is 10.9. The molecule has 0 aliphatic heterocycles. The molecule has 0 spiro atoms. The van der Waals surface area contributed by atoms with Gasteiger partial charge in [-0.2, -0.15) is 8.78 Å². The number of carbonyl (C=O) groups excluding carboxylic acids is 3. The topological polar surface area (TPSA) is 109 Å². The van der Waals surface area contributed by atoms with Gasteiger partial charge in [0.05, 0.1) is 26.4 Å². The van der Waals surface area contributed by atoms with Gasteiger partial charge in [-0.05, 0) is 98.5 Å². The number of benzene rings is 4. The van der Waals surface area contributed by atoms with Gasteiger partial charge in [-0.25, -0.2) is 0 Å². The Kier molecular flexibility index (Phi) is 18.0. The van der Waals surface area contributed by atoms with Crippen LogP contribution in [0.2, 0.25) is 0 Å². The molecule has 0 aromatic heterocycles. The number of rotatable bonds is 24. The van der Waals surface area contributed by atoms with Gasteiger partial charge in [0.1, 0.15) is 17.2 Å². The molecule has 0 saturated carbocycles. The summed E-state index contributed by atoms with van der Waals surface area (Å²) in [5.41, 5.74) is 4.66. The zero-order valence-electron chi connectivity index (χ0n) is 31.7. The highest BCUT2D eigenvalue weighted by molar-refractivity contribution is 5.96. The molecule has 0 aliphatic carbocycles. The Hall–Kier alpha value is -5.45. The van der Waals surface area contributed by atoms with Gasteiger partial charge < -0.3 is 29.0 Å². The number of carbonyl (C=O) groups is 3. The Morgan fingerprint density at radius 2 is 1.31 bits per heavy atom. The SMILES string of the molecule is CCOC(=O)CCCOc1cccc(CCCCCCOc2cc(C(=O)NCc3ccccc3OC(F)F)cc(-c3ccccc3)c2)c1CCC(=O)OCC. The number of esters is 2. The monoisotopic (exact) mass is 759 g/mol. The molecule has 0 unspecified atom stereocenters. The highest BCUT2D eigenvalue weighted by Gasteiger charge is 2.15. The van der Waals surface area contributed by atoms with E-state index in [-0.39, 0.29) is 43.0 Å². The van der Waals surface area contributed by atoms with Gasteiger partial charge in [-0.15, -0.1) is 0 Å². The maximum Gasteiger partial charge on any atom is 0.387 e. The van der Waals surface area contributed by atoms with E-state index in [2.05, 4.69) is 16.1 Å². The summed E-state index contributed by atoms with van der Waals surface area (Å²) in [6.45, 7) is 2.10. The lowest BCUT2D eigenvalue weighted by molar-refractivity contribution is -0.144. The third-order valence-corrected chi connectivity index (χ3v) is 8.72. The highest BCUT2D eigenvalue weighted by atomic mass is 19.3. The van der Waals surface area contributed by atoms with Crippen LogP contribution in [0.4, 0.5) is 8.78 Å². The Morgan fingerprint density at radius 3 is 2.07 bits per heavy atom. The maximum absolute atomic E-state index is 13.3. The van der Waals surface area contributed by atoms with Gasteiger partial charge in [-0.1, -0.05) is 73.5 Å². The number of halogens is 2. The molecule has 0 heterocycles. The first-order valence-electron chi connectivity index (χ1n) is 19.0. The van der Waals surface area contributed by atoms with Gasteiger partial charge in [0.25, 0.3) is 5.91 Å². The number of unbranched alkanes of at least 4 members (excludes halogenated alkanes) is 3. The minimum absolute atomic E-state index is 0.00874. The van der Waals surface area contributed by atoms with Crippen LogP contribution >= 0.6 is 0 Å². The fraction of sp³-hybridized carbons (Fsp3) is 0.386. The molecule has 1 amide bonds. The van der Waals surface area contributed by atoms with Crippen LogP contribution in [0.15, 0.2) is 91.0 Å². The van der Waals surface area contributed by atoms with Crippen LogP contribution in [0, 0.1) is 0 Å². The summed E-state index contributed by atoms with van der Waals surface area (Å²) < 4.78 is 52.8. The van der Waals surface area contributed by atoms with E-state index in [1.54, 1.807) is 44.2 Å². The van der Waals surface area contributed by atoms with Crippen molar-refractivity contribution in [2.45, 2.75) is 84.8 Å². The van der Waals surface area contributed by atoms with E-state index < -0.39 is 6.61 Å². The number of amides is 1. The summed E-state index contributed by atoms with van der Waals surface area (Å²) >= 11 is 0. The van der Waals surface area contributed by atoms with Gasteiger partial charge >= 0.3 is 18.6 Å². The van der Waals surface area contributed by atoms with Gasteiger partial charge in [-0.3, -0.25) is 14.4 Å². The molecule has 4 aromatic rings. The third-order valence-electron chi connectivity index (χ3n) is 8.72. The maximum atomic E-state index is 13.3. The number of hydrogen-bond donors (Lipinski definition) is 1. The number of para-hydroxylation sites is 1. The molecule has 4 rings (SSSR count). The van der Waals surface area contributed by atoms with Crippen molar-refractivity contribution in [1.29, 1.82) is 0 Å². The molecule has 11 heteroatoms. The summed E-state index contributed by atoms with van der Waals surface area (Å²) in [6, 6.07) is 27.3. The molecular weight excluding hydrogens is 708 g/mol. The van der Waals surface area contributed by atoms with E-state index in [0.29, 0.717) is 56.1 Å². The Balaban J connectivity index is 1.32. The van der Waals surface area contributed by atoms with Crippen molar-refractivity contribution in [2.24, 2.45) is 0 Å². The summed E-state index contributed by atoms with van der Waals surface area (Å²) in [6.07, 6.45) is 5.99. The van der Waals surface area contributed by atoms with Gasteiger partial charge in [0.15, 0.2) is 0 Å². The molecule has 0 bridgehead atoms. The molecule has 9 nitrogen and oxygen atoms in total. The fourth-order valence-corrected chi connectivity index (χ4v) is 6.07. The van der Waals surface area contributed by atoms with Crippen LogP contribution in [-0.4, -0.2) is 50.9 Å². The van der Waals surface area contributed by atoms with Gasteiger partial charge in [0, 0.05) is 30.5 Å². The standard InChI is InChI=1S/C44H51F2NO8/c1-3-51-41(48)23-15-27-54-40-22-14-20-33(38(40)24-25-42(49)52-4-2)18-8-5-6-13-26-53-37-29-35(32-16-9-7-10-17-32)28-36(30-37)43(50)47-31-34-19-11-12-21-39(34)55-44(45)46/h7,9-12,14,16-17,19-22,28-30,44H,3-6,8,13,15,18,23-27,31H2,1-2H3,(H,47,50). The molecule has 0 radical (unpaired) electrons. The van der Waals surface area contributed by atoms with Gasteiger partial charge in [0.2, 0.25) is 0 Å². The van der Waals surface area contributed by atoms with E-state index in [1.165, 1.54) is 6.07 Å². The van der Waals surface area contributed by atoms with Crippen LogP contribution in [0.1, 0.15) is 85.8 Å². The van der Waals surface area contributed by atoms with Crippen molar-refractivity contribution < 1.29 is 46.8 Å². The number of hydrogen-bond acceptors (Lipinski definition) is 8. The van der Waals surface area contributed by atoms with Crippen LogP contribution in [0.3, 0.4) is 0 Å². The fourth-order valence-electron chi connectivity index (χ4n) is 6.07. The Labute approximate surface area is 322 Å². The van der Waals surface area contributed by atoms with Crippen LogP contribution in [0.25, 0.3) is 11.1 Å².